The van der Waals surface area contributed by atoms with E-state index in [0.29, 0.717) is 30.8 Å². The number of fused-ring (bicyclic) bond motifs is 2. The van der Waals surface area contributed by atoms with Crippen LogP contribution < -0.4 is 5.69 Å². The molecule has 0 radical (unpaired) electrons. The molecule has 0 saturated heterocycles. The molecule has 2 aromatic carbocycles. The molecule has 0 saturated carbocycles. The van der Waals surface area contributed by atoms with E-state index in [0.717, 1.165) is 33.5 Å². The number of aromatic amines is 1. The molecule has 0 aliphatic rings. The average molecular weight is 426 g/mol. The number of nitrogens with zero attached hydrogens (tertiary/aromatic N) is 4. The van der Waals surface area contributed by atoms with E-state index in [-0.39, 0.29) is 11.6 Å². The monoisotopic (exact) mass is 425 g/mol. The van der Waals surface area contributed by atoms with Gasteiger partial charge in [0.25, 0.3) is 0 Å². The summed E-state index contributed by atoms with van der Waals surface area (Å²) in [7, 11) is 5.33. The lowest BCUT2D eigenvalue weighted by Gasteiger charge is -2.17. The zero-order chi connectivity index (χ0) is 21.4. The summed E-state index contributed by atoms with van der Waals surface area (Å²) >= 11 is 6.01. The molecule has 7 nitrogen and oxygen atoms in total. The lowest BCUT2D eigenvalue weighted by Crippen LogP contribution is -2.26. The van der Waals surface area contributed by atoms with Gasteiger partial charge in [-0.05, 0) is 42.3 Å². The summed E-state index contributed by atoms with van der Waals surface area (Å²) in [4.78, 5) is 34.2. The van der Waals surface area contributed by atoms with Gasteiger partial charge in [-0.2, -0.15) is 0 Å². The second-order valence-corrected chi connectivity index (χ2v) is 8.11. The minimum atomic E-state index is -0.0561. The fourth-order valence-corrected chi connectivity index (χ4v) is 3.94. The first-order chi connectivity index (χ1) is 14.3. The molecule has 0 fully saturated rings. The Kier molecular flexibility index (Phi) is 5.39. The summed E-state index contributed by atoms with van der Waals surface area (Å²) in [5, 5.41) is 0.670. The molecule has 4 aromatic rings. The summed E-state index contributed by atoms with van der Waals surface area (Å²) < 4.78 is 3.25. The number of imidazole rings is 2. The predicted octanol–water partition coefficient (Wildman–Crippen LogP) is 3.39. The van der Waals surface area contributed by atoms with E-state index in [1.54, 1.807) is 35.2 Å². The molecule has 2 aromatic heterocycles. The van der Waals surface area contributed by atoms with Crippen LogP contribution in [0.25, 0.3) is 22.1 Å². The summed E-state index contributed by atoms with van der Waals surface area (Å²) in [6.45, 7) is 0.501. The highest BCUT2D eigenvalue weighted by molar-refractivity contribution is 6.31. The number of H-pyrrole nitrogens is 1. The minimum Gasteiger partial charge on any atom is -0.342 e. The lowest BCUT2D eigenvalue weighted by molar-refractivity contribution is -0.130. The highest BCUT2D eigenvalue weighted by Gasteiger charge is 2.13. The molecule has 1 amide bonds. The molecule has 0 aliphatic carbocycles. The highest BCUT2D eigenvalue weighted by atomic mass is 35.5. The molecule has 156 valence electrons. The zero-order valence-corrected chi connectivity index (χ0v) is 18.0. The zero-order valence-electron chi connectivity index (χ0n) is 17.3. The molecular formula is C22H24ClN5O2. The predicted molar refractivity (Wildman–Crippen MR) is 119 cm³/mol. The topological polar surface area (TPSA) is 75.9 Å². The lowest BCUT2D eigenvalue weighted by atomic mass is 10.1. The van der Waals surface area contributed by atoms with Crippen molar-refractivity contribution in [2.24, 2.45) is 14.1 Å². The van der Waals surface area contributed by atoms with E-state index in [1.807, 2.05) is 36.4 Å². The quantitative estimate of drug-likeness (QED) is 0.514. The van der Waals surface area contributed by atoms with Crippen molar-refractivity contribution in [3.8, 4) is 0 Å². The van der Waals surface area contributed by atoms with Gasteiger partial charge in [0.05, 0.1) is 22.1 Å². The van der Waals surface area contributed by atoms with Crippen LogP contribution in [0.3, 0.4) is 0 Å². The molecule has 0 bridgehead atoms. The number of carbonyl (C=O) groups is 1. The molecule has 4 rings (SSSR count). The second kappa shape index (κ2) is 7.99. The molecule has 0 aliphatic heterocycles. The van der Waals surface area contributed by atoms with Gasteiger partial charge in [0.15, 0.2) is 0 Å². The third-order valence-corrected chi connectivity index (χ3v) is 5.71. The first-order valence-electron chi connectivity index (χ1n) is 9.86. The average Bonchev–Trinajstić information content (AvgIpc) is 3.21. The SMILES string of the molecule is CN(Cc1ccc2c(c1)n(C)c(=O)n2C)C(=O)CCCc1nc2ccc(Cl)cc2[nH]1. The van der Waals surface area contributed by atoms with Gasteiger partial charge in [-0.3, -0.25) is 13.9 Å². The maximum absolute atomic E-state index is 12.6. The molecule has 0 atom stereocenters. The number of hydrogen-bond acceptors (Lipinski definition) is 3. The Morgan fingerprint density at radius 1 is 1.13 bits per heavy atom. The van der Waals surface area contributed by atoms with Gasteiger partial charge in [0.2, 0.25) is 5.91 Å². The van der Waals surface area contributed by atoms with E-state index in [9.17, 15) is 9.59 Å². The Morgan fingerprint density at radius 3 is 2.70 bits per heavy atom. The first-order valence-corrected chi connectivity index (χ1v) is 10.2. The van der Waals surface area contributed by atoms with Gasteiger partial charge in [-0.25, -0.2) is 9.78 Å². The molecule has 0 spiro atoms. The van der Waals surface area contributed by atoms with Gasteiger partial charge in [0, 0.05) is 45.6 Å². The van der Waals surface area contributed by atoms with Crippen molar-refractivity contribution in [1.29, 1.82) is 0 Å². The number of benzene rings is 2. The number of amides is 1. The van der Waals surface area contributed by atoms with E-state index in [4.69, 9.17) is 11.6 Å². The molecule has 1 N–H and O–H groups in total. The maximum atomic E-state index is 12.6. The second-order valence-electron chi connectivity index (χ2n) is 7.67. The maximum Gasteiger partial charge on any atom is 0.328 e. The van der Waals surface area contributed by atoms with Crippen LogP contribution in [0.2, 0.25) is 5.02 Å². The summed E-state index contributed by atoms with van der Waals surface area (Å²) in [6, 6.07) is 11.4. The molecule has 2 heterocycles. The van der Waals surface area contributed by atoms with E-state index < -0.39 is 0 Å². The normalized spacial score (nSPS) is 11.5. The number of aromatic nitrogens is 4. The van der Waals surface area contributed by atoms with Crippen LogP contribution in [0.5, 0.6) is 0 Å². The van der Waals surface area contributed by atoms with E-state index in [2.05, 4.69) is 9.97 Å². The van der Waals surface area contributed by atoms with Crippen LogP contribution in [0, 0.1) is 0 Å². The van der Waals surface area contributed by atoms with Gasteiger partial charge < -0.3 is 9.88 Å². The number of halogens is 1. The summed E-state index contributed by atoms with van der Waals surface area (Å²) in [5.41, 5.74) is 4.47. The number of carbonyl (C=O) groups excluding carboxylic acids is 1. The van der Waals surface area contributed by atoms with Crippen molar-refractivity contribution in [2.75, 3.05) is 7.05 Å². The van der Waals surface area contributed by atoms with Crippen LogP contribution in [0.4, 0.5) is 0 Å². The van der Waals surface area contributed by atoms with Crippen LogP contribution in [0.15, 0.2) is 41.2 Å². The van der Waals surface area contributed by atoms with Gasteiger partial charge in [-0.15, -0.1) is 0 Å². The van der Waals surface area contributed by atoms with Crippen LogP contribution in [-0.2, 0) is 31.9 Å². The fraction of sp³-hybridized carbons (Fsp3) is 0.318. The highest BCUT2D eigenvalue weighted by Crippen LogP contribution is 2.18. The van der Waals surface area contributed by atoms with Crippen LogP contribution in [0.1, 0.15) is 24.2 Å². The summed E-state index contributed by atoms with van der Waals surface area (Å²) in [6.07, 6.45) is 1.85. The van der Waals surface area contributed by atoms with Crippen molar-refractivity contribution < 1.29 is 4.79 Å². The van der Waals surface area contributed by atoms with Gasteiger partial charge in [0.1, 0.15) is 5.82 Å². The number of nitrogens with one attached hydrogen (secondary N) is 1. The Labute approximate surface area is 178 Å². The van der Waals surface area contributed by atoms with Crippen molar-refractivity contribution in [2.45, 2.75) is 25.8 Å². The Hall–Kier alpha value is -3.06. The molecule has 8 heteroatoms. The molecular weight excluding hydrogens is 402 g/mol. The number of hydrogen-bond donors (Lipinski definition) is 1. The third-order valence-electron chi connectivity index (χ3n) is 5.48. The third kappa shape index (κ3) is 3.85. The fourth-order valence-electron chi connectivity index (χ4n) is 3.76. The summed E-state index contributed by atoms with van der Waals surface area (Å²) in [5.74, 6) is 0.939. The number of aryl methyl sites for hydroxylation is 3. The van der Waals surface area contributed by atoms with Crippen molar-refractivity contribution in [1.82, 2.24) is 24.0 Å². The van der Waals surface area contributed by atoms with Gasteiger partial charge >= 0.3 is 5.69 Å². The molecule has 0 unspecified atom stereocenters. The number of rotatable bonds is 6. The largest absolute Gasteiger partial charge is 0.342 e. The standard InChI is InChI=1S/C22H24ClN5O2/c1-26(13-14-7-10-18-19(11-14)28(3)22(30)27(18)2)21(29)6-4-5-20-24-16-9-8-15(23)12-17(16)25-20/h7-12H,4-6,13H2,1-3H3,(H,24,25). The Balaban J connectivity index is 1.36. The van der Waals surface area contributed by atoms with Crippen LogP contribution in [-0.4, -0.2) is 37.0 Å². The minimum absolute atomic E-state index is 0.0561. The van der Waals surface area contributed by atoms with E-state index >= 15 is 0 Å². The van der Waals surface area contributed by atoms with Gasteiger partial charge in [-0.1, -0.05) is 17.7 Å². The Morgan fingerprint density at radius 2 is 1.90 bits per heavy atom. The van der Waals surface area contributed by atoms with Crippen molar-refractivity contribution >= 4 is 39.6 Å². The smallest absolute Gasteiger partial charge is 0.328 e. The Bertz CT molecular complexity index is 1300. The van der Waals surface area contributed by atoms with Crippen LogP contribution >= 0.6 is 11.6 Å². The van der Waals surface area contributed by atoms with Crippen molar-refractivity contribution in [3.05, 3.63) is 63.3 Å². The van der Waals surface area contributed by atoms with Crippen molar-refractivity contribution in [3.63, 3.8) is 0 Å². The van der Waals surface area contributed by atoms with E-state index in [1.165, 1.54) is 0 Å². The first kappa shape index (κ1) is 20.2. The molecule has 30 heavy (non-hydrogen) atoms.